The molecule has 0 radical (unpaired) electrons. The van der Waals surface area contributed by atoms with E-state index in [0.29, 0.717) is 19.4 Å². The molecule has 0 aromatic heterocycles. The maximum absolute atomic E-state index is 12.7. The number of carbonyl (C=O) groups excluding carboxylic acids is 4. The number of nitrogens with two attached hydrogens (primary N) is 2. The summed E-state index contributed by atoms with van der Waals surface area (Å²) in [4.78, 5) is 61.4. The number of likely N-dealkylation sites (tertiary alicyclic amines) is 1. The fraction of sp³-hybridized carbons (Fsp3) is 0.722. The number of carboxylic acids is 1. The fourth-order valence-corrected chi connectivity index (χ4v) is 3.38. The van der Waals surface area contributed by atoms with E-state index in [1.54, 1.807) is 0 Å². The number of amides is 4. The van der Waals surface area contributed by atoms with Crippen LogP contribution in [0, 0.1) is 5.92 Å². The van der Waals surface area contributed by atoms with E-state index in [9.17, 15) is 24.0 Å². The Balaban J connectivity index is 2.81. The summed E-state index contributed by atoms with van der Waals surface area (Å²) in [5.41, 5.74) is 11.0. The van der Waals surface area contributed by atoms with Crippen LogP contribution in [0.5, 0.6) is 0 Å². The van der Waals surface area contributed by atoms with Crippen molar-refractivity contribution in [3.05, 3.63) is 0 Å². The van der Waals surface area contributed by atoms with Crippen molar-refractivity contribution in [1.82, 2.24) is 15.5 Å². The molecule has 30 heavy (non-hydrogen) atoms. The summed E-state index contributed by atoms with van der Waals surface area (Å²) >= 11 is 4.04. The molecular formula is C18H31N5O6S. The summed E-state index contributed by atoms with van der Waals surface area (Å²) < 4.78 is 0. The second-order valence-corrected chi connectivity index (χ2v) is 7.78. The van der Waals surface area contributed by atoms with Gasteiger partial charge < -0.3 is 32.1 Å². The van der Waals surface area contributed by atoms with Crippen molar-refractivity contribution < 1.29 is 29.1 Å². The molecule has 1 rings (SSSR count). The molecule has 11 nitrogen and oxygen atoms in total. The number of hydrogen-bond acceptors (Lipinski definition) is 7. The van der Waals surface area contributed by atoms with Crippen LogP contribution in [0.3, 0.4) is 0 Å². The minimum absolute atomic E-state index is 0.0454. The lowest BCUT2D eigenvalue weighted by Crippen LogP contribution is -2.57. The predicted octanol–water partition coefficient (Wildman–Crippen LogP) is -1.79. The molecule has 4 amide bonds. The van der Waals surface area contributed by atoms with Crippen LogP contribution < -0.4 is 22.1 Å². The van der Waals surface area contributed by atoms with Gasteiger partial charge in [0.1, 0.15) is 18.1 Å². The highest BCUT2D eigenvalue weighted by Crippen LogP contribution is 2.20. The Bertz CT molecular complexity index is 675. The van der Waals surface area contributed by atoms with Crippen LogP contribution in [-0.4, -0.2) is 76.1 Å². The van der Waals surface area contributed by atoms with Crippen LogP contribution in [0.1, 0.15) is 39.5 Å². The van der Waals surface area contributed by atoms with E-state index in [1.807, 2.05) is 13.8 Å². The minimum atomic E-state index is -1.52. The standard InChI is InChI=1S/C18H31N5O6S/c1-3-9(2)14(20)17(27)23-6-4-5-12(23)16(26)22-11(8-30)15(25)21-10(18(28)29)7-13(19)24/h9-12,14,30H,3-8,20H2,1-2H3,(H2,19,24)(H,21,25)(H,22,26)(H,28,29). The second-order valence-electron chi connectivity index (χ2n) is 7.41. The molecule has 7 N–H and O–H groups in total. The highest BCUT2D eigenvalue weighted by atomic mass is 32.1. The van der Waals surface area contributed by atoms with Gasteiger partial charge in [0.05, 0.1) is 12.5 Å². The maximum Gasteiger partial charge on any atom is 0.326 e. The van der Waals surface area contributed by atoms with Crippen molar-refractivity contribution in [2.24, 2.45) is 17.4 Å². The van der Waals surface area contributed by atoms with E-state index >= 15 is 0 Å². The van der Waals surface area contributed by atoms with E-state index in [0.717, 1.165) is 6.42 Å². The first-order valence-corrected chi connectivity index (χ1v) is 10.4. The first-order chi connectivity index (χ1) is 14.0. The van der Waals surface area contributed by atoms with Gasteiger partial charge in [-0.1, -0.05) is 20.3 Å². The number of nitrogens with zero attached hydrogens (tertiary/aromatic N) is 1. The number of primary amides is 1. The number of nitrogens with one attached hydrogen (secondary N) is 2. The van der Waals surface area contributed by atoms with Gasteiger partial charge in [0.25, 0.3) is 0 Å². The van der Waals surface area contributed by atoms with E-state index in [4.69, 9.17) is 16.6 Å². The third kappa shape index (κ3) is 6.87. The Kier molecular flexibility index (Phi) is 10.1. The zero-order valence-corrected chi connectivity index (χ0v) is 18.1. The average molecular weight is 446 g/mol. The number of aliphatic carboxylic acids is 1. The van der Waals surface area contributed by atoms with Gasteiger partial charge in [-0.3, -0.25) is 19.2 Å². The van der Waals surface area contributed by atoms with E-state index in [-0.39, 0.29) is 17.6 Å². The maximum atomic E-state index is 12.7. The van der Waals surface area contributed by atoms with E-state index in [1.165, 1.54) is 4.90 Å². The average Bonchev–Trinajstić information content (AvgIpc) is 3.18. The van der Waals surface area contributed by atoms with Gasteiger partial charge in [-0.2, -0.15) is 12.6 Å². The van der Waals surface area contributed by atoms with Crippen molar-refractivity contribution in [1.29, 1.82) is 0 Å². The zero-order valence-electron chi connectivity index (χ0n) is 17.2. The van der Waals surface area contributed by atoms with Crippen molar-refractivity contribution in [2.45, 2.75) is 63.7 Å². The van der Waals surface area contributed by atoms with Crippen molar-refractivity contribution >= 4 is 42.2 Å². The summed E-state index contributed by atoms with van der Waals surface area (Å²) in [6.45, 7) is 4.17. The Morgan fingerprint density at radius 2 is 1.83 bits per heavy atom. The van der Waals surface area contributed by atoms with Crippen LogP contribution >= 0.6 is 12.6 Å². The van der Waals surface area contributed by atoms with E-state index in [2.05, 4.69) is 23.3 Å². The first kappa shape index (κ1) is 25.7. The number of thiol groups is 1. The molecule has 0 aromatic carbocycles. The predicted molar refractivity (Wildman–Crippen MR) is 111 cm³/mol. The highest BCUT2D eigenvalue weighted by molar-refractivity contribution is 7.80. The lowest BCUT2D eigenvalue weighted by Gasteiger charge is -2.29. The lowest BCUT2D eigenvalue weighted by molar-refractivity contribution is -0.144. The largest absolute Gasteiger partial charge is 0.480 e. The molecule has 1 fully saturated rings. The summed E-state index contributed by atoms with van der Waals surface area (Å²) in [6.07, 6.45) is 1.17. The molecule has 5 unspecified atom stereocenters. The molecule has 1 aliphatic rings. The van der Waals surface area contributed by atoms with Crippen LogP contribution in [-0.2, 0) is 24.0 Å². The molecule has 0 bridgehead atoms. The number of rotatable bonds is 11. The lowest BCUT2D eigenvalue weighted by atomic mass is 9.98. The van der Waals surface area contributed by atoms with Crippen LogP contribution in [0.25, 0.3) is 0 Å². The quantitative estimate of drug-likeness (QED) is 0.203. The van der Waals surface area contributed by atoms with Gasteiger partial charge in [0.15, 0.2) is 0 Å². The summed E-state index contributed by atoms with van der Waals surface area (Å²) in [5, 5.41) is 13.8. The molecular weight excluding hydrogens is 414 g/mol. The molecule has 0 spiro atoms. The summed E-state index contributed by atoms with van der Waals surface area (Å²) in [6, 6.07) is -4.18. The number of hydrogen-bond donors (Lipinski definition) is 6. The van der Waals surface area contributed by atoms with Gasteiger partial charge in [0.2, 0.25) is 23.6 Å². The molecule has 5 atom stereocenters. The zero-order chi connectivity index (χ0) is 23.0. The van der Waals surface area contributed by atoms with Gasteiger partial charge in [-0.05, 0) is 18.8 Å². The molecule has 0 aromatic rings. The monoisotopic (exact) mass is 445 g/mol. The first-order valence-electron chi connectivity index (χ1n) is 9.82. The normalized spacial score (nSPS) is 20.0. The third-order valence-corrected chi connectivity index (χ3v) is 5.58. The summed E-state index contributed by atoms with van der Waals surface area (Å²) in [7, 11) is 0. The molecule has 1 saturated heterocycles. The van der Waals surface area contributed by atoms with Crippen molar-refractivity contribution in [3.8, 4) is 0 Å². The smallest absolute Gasteiger partial charge is 0.326 e. The Morgan fingerprint density at radius 1 is 1.20 bits per heavy atom. The van der Waals surface area contributed by atoms with Gasteiger partial charge in [-0.25, -0.2) is 4.79 Å². The molecule has 12 heteroatoms. The Hall–Kier alpha value is -2.34. The van der Waals surface area contributed by atoms with Crippen molar-refractivity contribution in [3.63, 3.8) is 0 Å². The van der Waals surface area contributed by atoms with Crippen molar-refractivity contribution in [2.75, 3.05) is 12.3 Å². The molecule has 1 aliphatic heterocycles. The minimum Gasteiger partial charge on any atom is -0.480 e. The summed E-state index contributed by atoms with van der Waals surface area (Å²) in [5.74, 6) is -4.18. The molecule has 0 aliphatic carbocycles. The van der Waals surface area contributed by atoms with Crippen LogP contribution in [0.15, 0.2) is 0 Å². The van der Waals surface area contributed by atoms with E-state index < -0.39 is 54.3 Å². The topological polar surface area (TPSA) is 185 Å². The molecule has 0 saturated carbocycles. The Labute approximate surface area is 180 Å². The number of carbonyl (C=O) groups is 5. The van der Waals surface area contributed by atoms with Gasteiger partial charge in [-0.15, -0.1) is 0 Å². The van der Waals surface area contributed by atoms with Gasteiger partial charge >= 0.3 is 5.97 Å². The van der Waals surface area contributed by atoms with Gasteiger partial charge in [0, 0.05) is 12.3 Å². The fourth-order valence-electron chi connectivity index (χ4n) is 3.13. The van der Waals surface area contributed by atoms with Crippen LogP contribution in [0.4, 0.5) is 0 Å². The second kappa shape index (κ2) is 11.7. The molecule has 170 valence electrons. The third-order valence-electron chi connectivity index (χ3n) is 5.22. The number of carboxylic acid groups (broad SMARTS) is 1. The Morgan fingerprint density at radius 3 is 2.33 bits per heavy atom. The SMILES string of the molecule is CCC(C)C(N)C(=O)N1CCCC1C(=O)NC(CS)C(=O)NC(CC(N)=O)C(=O)O. The van der Waals surface area contributed by atoms with Crippen LogP contribution in [0.2, 0.25) is 0 Å². The molecule has 1 heterocycles. The highest BCUT2D eigenvalue weighted by Gasteiger charge is 2.38.